The number of carbonyl (C=O) groups excluding carboxylic acids is 2. The molecular formula is C29H35N3O3S. The van der Waals surface area contributed by atoms with Crippen molar-refractivity contribution in [2.45, 2.75) is 70.4 Å². The molecule has 6 nitrogen and oxygen atoms in total. The van der Waals surface area contributed by atoms with Gasteiger partial charge in [0, 0.05) is 29.3 Å². The third-order valence-electron chi connectivity index (χ3n) is 7.75. The first-order valence-corrected chi connectivity index (χ1v) is 14.1. The highest BCUT2D eigenvalue weighted by Gasteiger charge is 2.39. The molecule has 2 heterocycles. The van der Waals surface area contributed by atoms with Gasteiger partial charge in [0.2, 0.25) is 11.8 Å². The molecule has 2 fully saturated rings. The minimum atomic E-state index is -0.427. The molecule has 1 N–H and O–H groups in total. The van der Waals surface area contributed by atoms with Crippen LogP contribution in [0.2, 0.25) is 0 Å². The van der Waals surface area contributed by atoms with E-state index in [-0.39, 0.29) is 23.8 Å². The molecule has 5 rings (SSSR count). The highest BCUT2D eigenvalue weighted by molar-refractivity contribution is 7.10. The molecule has 0 radical (unpaired) electrons. The lowest BCUT2D eigenvalue weighted by Gasteiger charge is -2.34. The Labute approximate surface area is 217 Å². The minimum Gasteiger partial charge on any atom is -0.496 e. The van der Waals surface area contributed by atoms with Gasteiger partial charge in [-0.15, -0.1) is 11.3 Å². The molecule has 2 aliphatic rings. The number of fused-ring (bicyclic) bond motifs is 1. The van der Waals surface area contributed by atoms with Crippen molar-refractivity contribution in [2.75, 3.05) is 13.7 Å². The van der Waals surface area contributed by atoms with Crippen LogP contribution in [0.1, 0.15) is 69.3 Å². The first kappa shape index (κ1) is 24.8. The molecular weight excluding hydrogens is 470 g/mol. The van der Waals surface area contributed by atoms with Crippen molar-refractivity contribution in [3.63, 3.8) is 0 Å². The second-order valence-corrected chi connectivity index (χ2v) is 10.8. The Morgan fingerprint density at radius 1 is 1.08 bits per heavy atom. The number of benzene rings is 2. The zero-order chi connectivity index (χ0) is 25.1. The number of ether oxygens (including phenoxy) is 1. The molecule has 7 heteroatoms. The summed E-state index contributed by atoms with van der Waals surface area (Å²) < 4.78 is 5.56. The summed E-state index contributed by atoms with van der Waals surface area (Å²) >= 11 is 1.62. The van der Waals surface area contributed by atoms with Crippen molar-refractivity contribution >= 4 is 33.9 Å². The number of likely N-dealkylation sites (tertiary alicyclic amines) is 1. The summed E-state index contributed by atoms with van der Waals surface area (Å²) in [6.45, 7) is 2.56. The van der Waals surface area contributed by atoms with Crippen LogP contribution in [0.4, 0.5) is 0 Å². The number of hydrogen-bond donors (Lipinski definition) is 1. The average Bonchev–Trinajstić information content (AvgIpc) is 3.61. The number of nitrogens with zero attached hydrogens (tertiary/aromatic N) is 2. The van der Waals surface area contributed by atoms with Gasteiger partial charge in [0.1, 0.15) is 16.8 Å². The molecule has 0 bridgehead atoms. The standard InChI is InChI=1S/C29H35N3O3S/c1-3-26(33)31-27(19-10-5-4-6-11-19)29(34)32-17-9-15-24(32)28-30-23(18-36-28)21-13-7-14-22-20(21)12-8-16-25(22)35-2/h7-8,12-14,16,18-19,24,27H,3-6,9-11,15,17H2,1-2H3,(H,31,33)/t24-,27-/m0/s1. The van der Waals surface area contributed by atoms with E-state index >= 15 is 0 Å². The summed E-state index contributed by atoms with van der Waals surface area (Å²) in [4.78, 5) is 33.3. The van der Waals surface area contributed by atoms with E-state index in [4.69, 9.17) is 9.72 Å². The first-order chi connectivity index (χ1) is 17.6. The van der Waals surface area contributed by atoms with E-state index in [1.54, 1.807) is 18.4 Å². The van der Waals surface area contributed by atoms with Gasteiger partial charge in [-0.2, -0.15) is 0 Å². The smallest absolute Gasteiger partial charge is 0.246 e. The van der Waals surface area contributed by atoms with Gasteiger partial charge in [0.05, 0.1) is 18.8 Å². The van der Waals surface area contributed by atoms with Crippen molar-refractivity contribution in [3.8, 4) is 17.0 Å². The van der Waals surface area contributed by atoms with Gasteiger partial charge < -0.3 is 15.0 Å². The van der Waals surface area contributed by atoms with E-state index in [9.17, 15) is 9.59 Å². The summed E-state index contributed by atoms with van der Waals surface area (Å²) in [6, 6.07) is 11.8. The maximum Gasteiger partial charge on any atom is 0.246 e. The van der Waals surface area contributed by atoms with Gasteiger partial charge in [-0.05, 0) is 43.1 Å². The lowest BCUT2D eigenvalue weighted by atomic mass is 9.83. The Bertz CT molecular complexity index is 1230. The van der Waals surface area contributed by atoms with E-state index < -0.39 is 6.04 Å². The van der Waals surface area contributed by atoms with Gasteiger partial charge in [-0.1, -0.05) is 56.5 Å². The third kappa shape index (κ3) is 4.85. The maximum absolute atomic E-state index is 13.9. The number of thiazole rings is 1. The van der Waals surface area contributed by atoms with Crippen LogP contribution in [0.15, 0.2) is 41.8 Å². The summed E-state index contributed by atoms with van der Waals surface area (Å²) in [5.74, 6) is 1.09. The summed E-state index contributed by atoms with van der Waals surface area (Å²) in [5.41, 5.74) is 2.00. The van der Waals surface area contributed by atoms with E-state index in [0.717, 1.165) is 77.9 Å². The molecule has 0 spiro atoms. The van der Waals surface area contributed by atoms with Gasteiger partial charge in [0.25, 0.3) is 0 Å². The number of rotatable bonds is 7. The second-order valence-electron chi connectivity index (χ2n) is 9.92. The predicted octanol–water partition coefficient (Wildman–Crippen LogP) is 6.11. The molecule has 36 heavy (non-hydrogen) atoms. The van der Waals surface area contributed by atoms with Crippen LogP contribution in [0.25, 0.3) is 22.0 Å². The second kappa shape index (κ2) is 11.0. The van der Waals surface area contributed by atoms with Crippen molar-refractivity contribution in [3.05, 3.63) is 46.8 Å². The fourth-order valence-electron chi connectivity index (χ4n) is 5.84. The number of carbonyl (C=O) groups is 2. The zero-order valence-corrected chi connectivity index (χ0v) is 22.0. The molecule has 190 valence electrons. The molecule has 2 amide bonds. The van der Waals surface area contributed by atoms with E-state index in [1.807, 2.05) is 30.0 Å². The molecule has 2 atom stereocenters. The minimum absolute atomic E-state index is 0.0367. The number of aromatic nitrogens is 1. The normalized spacial score (nSPS) is 19.4. The quantitative estimate of drug-likeness (QED) is 0.420. The summed E-state index contributed by atoms with van der Waals surface area (Å²) in [6.07, 6.45) is 7.74. The Hall–Kier alpha value is -2.93. The number of amides is 2. The van der Waals surface area contributed by atoms with Crippen LogP contribution in [0.3, 0.4) is 0 Å². The van der Waals surface area contributed by atoms with Crippen molar-refractivity contribution in [2.24, 2.45) is 5.92 Å². The average molecular weight is 506 g/mol. The Morgan fingerprint density at radius 3 is 2.64 bits per heavy atom. The fourth-order valence-corrected chi connectivity index (χ4v) is 6.80. The molecule has 3 aromatic rings. The molecule has 1 saturated heterocycles. The highest BCUT2D eigenvalue weighted by atomic mass is 32.1. The van der Waals surface area contributed by atoms with E-state index in [2.05, 4.69) is 28.9 Å². The SMILES string of the molecule is CCC(=O)N[C@H](C(=O)N1CCC[C@H]1c1nc(-c2cccc3c(OC)cccc23)cs1)C1CCCCC1. The van der Waals surface area contributed by atoms with Gasteiger partial charge in [-0.25, -0.2) is 4.98 Å². The largest absolute Gasteiger partial charge is 0.496 e. The number of hydrogen-bond acceptors (Lipinski definition) is 5. The van der Waals surface area contributed by atoms with Crippen LogP contribution in [-0.4, -0.2) is 41.4 Å². The van der Waals surface area contributed by atoms with Gasteiger partial charge in [0.15, 0.2) is 0 Å². The Balaban J connectivity index is 1.42. The number of methoxy groups -OCH3 is 1. The van der Waals surface area contributed by atoms with E-state index in [1.165, 1.54) is 6.42 Å². The monoisotopic (exact) mass is 505 g/mol. The third-order valence-corrected chi connectivity index (χ3v) is 8.69. The molecule has 1 aromatic heterocycles. The van der Waals surface area contributed by atoms with Crippen LogP contribution < -0.4 is 10.1 Å². The highest BCUT2D eigenvalue weighted by Crippen LogP contribution is 2.39. The van der Waals surface area contributed by atoms with Gasteiger partial charge in [-0.3, -0.25) is 9.59 Å². The van der Waals surface area contributed by atoms with Crippen molar-refractivity contribution < 1.29 is 14.3 Å². The Morgan fingerprint density at radius 2 is 1.86 bits per heavy atom. The summed E-state index contributed by atoms with van der Waals surface area (Å²) in [7, 11) is 1.69. The molecule has 1 aliphatic carbocycles. The Kier molecular flexibility index (Phi) is 7.56. The molecule has 1 aliphatic heterocycles. The first-order valence-electron chi connectivity index (χ1n) is 13.2. The topological polar surface area (TPSA) is 71.5 Å². The number of nitrogens with one attached hydrogen (secondary N) is 1. The molecule has 0 unspecified atom stereocenters. The van der Waals surface area contributed by atoms with Crippen LogP contribution in [-0.2, 0) is 9.59 Å². The van der Waals surface area contributed by atoms with Crippen LogP contribution in [0, 0.1) is 5.92 Å². The fraction of sp³-hybridized carbons (Fsp3) is 0.483. The zero-order valence-electron chi connectivity index (χ0n) is 21.2. The van der Waals surface area contributed by atoms with Crippen LogP contribution >= 0.6 is 11.3 Å². The van der Waals surface area contributed by atoms with Crippen molar-refractivity contribution in [1.82, 2.24) is 15.2 Å². The molecule has 1 saturated carbocycles. The lowest BCUT2D eigenvalue weighted by Crippen LogP contribution is -2.52. The van der Waals surface area contributed by atoms with Crippen LogP contribution in [0.5, 0.6) is 5.75 Å². The summed E-state index contributed by atoms with van der Waals surface area (Å²) in [5, 5.41) is 8.33. The van der Waals surface area contributed by atoms with Crippen molar-refractivity contribution in [1.29, 1.82) is 0 Å². The van der Waals surface area contributed by atoms with E-state index in [0.29, 0.717) is 6.42 Å². The maximum atomic E-state index is 13.9. The van der Waals surface area contributed by atoms with Gasteiger partial charge >= 0.3 is 0 Å². The lowest BCUT2D eigenvalue weighted by molar-refractivity contribution is -0.139. The molecule has 2 aromatic carbocycles. The predicted molar refractivity (Wildman–Crippen MR) is 144 cm³/mol.